The second-order valence-electron chi connectivity index (χ2n) is 12.9. The van der Waals surface area contributed by atoms with E-state index in [-0.39, 0.29) is 0 Å². The van der Waals surface area contributed by atoms with Crippen molar-refractivity contribution >= 4 is 97.8 Å². The Hall–Kier alpha value is -5.95. The highest BCUT2D eigenvalue weighted by Crippen LogP contribution is 2.49. The summed E-state index contributed by atoms with van der Waals surface area (Å²) in [7, 11) is 0. The highest BCUT2D eigenvalue weighted by molar-refractivity contribution is 7.99. The van der Waals surface area contributed by atoms with Gasteiger partial charge in [0.2, 0.25) is 5.95 Å². The van der Waals surface area contributed by atoms with Crippen molar-refractivity contribution in [2.75, 3.05) is 0 Å². The second kappa shape index (κ2) is 9.82. The van der Waals surface area contributed by atoms with E-state index < -0.39 is 0 Å². The largest absolute Gasteiger partial charge is 0.308 e. The molecule has 0 radical (unpaired) electrons. The standard InChI is InChI=1S/C44H24N4S2/c1-2-11-25(12-3-1)47-34-23-21-27-26-13-5-8-18-35(26)50-43(27)39(34)30-22-24-33-38(42(30)47)28-14-4-7-17-32(28)48(33)44-45-31-16-10-20-37-40(31)41(46-44)29-15-6-9-19-36(29)49-37/h1-24H. The molecule has 5 heterocycles. The fourth-order valence-electron chi connectivity index (χ4n) is 8.27. The van der Waals surface area contributed by atoms with E-state index in [1.54, 1.807) is 11.8 Å². The summed E-state index contributed by atoms with van der Waals surface area (Å²) in [6, 6.07) is 52.6. The molecule has 232 valence electrons. The summed E-state index contributed by atoms with van der Waals surface area (Å²) in [4.78, 5) is 13.1. The minimum absolute atomic E-state index is 0.686. The van der Waals surface area contributed by atoms with Crippen molar-refractivity contribution in [1.82, 2.24) is 19.1 Å². The van der Waals surface area contributed by atoms with E-state index in [0.29, 0.717) is 5.95 Å². The molecule has 0 saturated heterocycles. The summed E-state index contributed by atoms with van der Waals surface area (Å²) in [5.41, 5.74) is 8.85. The van der Waals surface area contributed by atoms with Crippen LogP contribution in [0.15, 0.2) is 155 Å². The van der Waals surface area contributed by atoms with Crippen LogP contribution in [-0.4, -0.2) is 19.1 Å². The fourth-order valence-corrected chi connectivity index (χ4v) is 10.6. The van der Waals surface area contributed by atoms with Crippen LogP contribution in [0, 0.1) is 0 Å². The van der Waals surface area contributed by atoms with Crippen LogP contribution in [0.2, 0.25) is 0 Å². The Kier molecular flexibility index (Phi) is 5.29. The molecular weight excluding hydrogens is 649 g/mol. The Labute approximate surface area is 293 Å². The first-order chi connectivity index (χ1) is 24.8. The molecule has 4 aromatic heterocycles. The van der Waals surface area contributed by atoms with Gasteiger partial charge in [-0.1, -0.05) is 103 Å². The lowest BCUT2D eigenvalue weighted by molar-refractivity contribution is 1.01. The Balaban J connectivity index is 1.26. The SMILES string of the molecule is c1ccc(-n2c3ccc4c5ccccc5sc4c3c3ccc4c(c5ccccc5n4-c4nc5c6c(cccc6n4)Sc4ccccc4-5)c32)cc1. The van der Waals surface area contributed by atoms with Crippen LogP contribution < -0.4 is 0 Å². The van der Waals surface area contributed by atoms with Gasteiger partial charge in [-0.05, 0) is 54.6 Å². The number of thiophene rings is 1. The third kappa shape index (κ3) is 3.46. The number of rotatable bonds is 2. The molecule has 0 N–H and O–H groups in total. The molecule has 0 saturated carbocycles. The van der Waals surface area contributed by atoms with Crippen LogP contribution in [0.4, 0.5) is 0 Å². The predicted molar refractivity (Wildman–Crippen MR) is 211 cm³/mol. The summed E-state index contributed by atoms with van der Waals surface area (Å²) in [5, 5.41) is 8.69. The molecule has 0 spiro atoms. The van der Waals surface area contributed by atoms with Gasteiger partial charge < -0.3 is 4.57 Å². The average molecular weight is 673 g/mol. The second-order valence-corrected chi connectivity index (χ2v) is 15.1. The first-order valence-corrected chi connectivity index (χ1v) is 18.4. The number of nitrogens with zero attached hydrogens (tertiary/aromatic N) is 4. The Morgan fingerprint density at radius 3 is 2.12 bits per heavy atom. The smallest absolute Gasteiger partial charge is 0.235 e. The van der Waals surface area contributed by atoms with Crippen molar-refractivity contribution in [3.8, 4) is 22.9 Å². The molecule has 4 nitrogen and oxygen atoms in total. The van der Waals surface area contributed by atoms with Crippen LogP contribution in [0.5, 0.6) is 0 Å². The van der Waals surface area contributed by atoms with Crippen LogP contribution in [0.3, 0.4) is 0 Å². The molecule has 0 unspecified atom stereocenters. The average Bonchev–Trinajstić information content (AvgIpc) is 3.83. The fraction of sp³-hybridized carbons (Fsp3) is 0. The van der Waals surface area contributed by atoms with Crippen LogP contribution in [-0.2, 0) is 0 Å². The maximum absolute atomic E-state index is 5.42. The van der Waals surface area contributed by atoms with Gasteiger partial charge in [0.15, 0.2) is 0 Å². The lowest BCUT2D eigenvalue weighted by atomic mass is 10.1. The Morgan fingerprint density at radius 1 is 0.460 bits per heavy atom. The Bertz CT molecular complexity index is 3240. The number of fused-ring (bicyclic) bond motifs is 13. The molecular formula is C44H24N4S2. The van der Waals surface area contributed by atoms with Crippen LogP contribution in [0.25, 0.3) is 97.6 Å². The zero-order valence-electron chi connectivity index (χ0n) is 26.5. The minimum atomic E-state index is 0.686. The molecule has 1 aliphatic heterocycles. The maximum Gasteiger partial charge on any atom is 0.235 e. The summed E-state index contributed by atoms with van der Waals surface area (Å²) in [6.45, 7) is 0. The molecule has 6 heteroatoms. The van der Waals surface area contributed by atoms with E-state index in [4.69, 9.17) is 9.97 Å². The molecule has 0 atom stereocenters. The van der Waals surface area contributed by atoms with Crippen LogP contribution >= 0.6 is 23.1 Å². The van der Waals surface area contributed by atoms with Gasteiger partial charge in [0, 0.05) is 68.1 Å². The number of para-hydroxylation sites is 2. The van der Waals surface area contributed by atoms with Crippen molar-refractivity contribution in [3.05, 3.63) is 146 Å². The molecule has 12 rings (SSSR count). The number of hydrogen-bond acceptors (Lipinski definition) is 4. The number of aromatic nitrogens is 4. The van der Waals surface area contributed by atoms with E-state index >= 15 is 0 Å². The first kappa shape index (κ1) is 26.9. The van der Waals surface area contributed by atoms with Crippen molar-refractivity contribution in [2.45, 2.75) is 9.79 Å². The van der Waals surface area contributed by atoms with Gasteiger partial charge in [0.1, 0.15) is 0 Å². The van der Waals surface area contributed by atoms with Crippen LogP contribution in [0.1, 0.15) is 0 Å². The van der Waals surface area contributed by atoms with Gasteiger partial charge in [0.25, 0.3) is 0 Å². The minimum Gasteiger partial charge on any atom is -0.308 e. The van der Waals surface area contributed by atoms with Crippen molar-refractivity contribution in [1.29, 1.82) is 0 Å². The zero-order chi connectivity index (χ0) is 32.5. The van der Waals surface area contributed by atoms with E-state index in [1.165, 1.54) is 62.5 Å². The summed E-state index contributed by atoms with van der Waals surface area (Å²) in [5.74, 6) is 0.686. The zero-order valence-corrected chi connectivity index (χ0v) is 28.1. The van der Waals surface area contributed by atoms with E-state index in [1.807, 2.05) is 11.3 Å². The molecule has 7 aromatic carbocycles. The predicted octanol–water partition coefficient (Wildman–Crippen LogP) is 12.3. The van der Waals surface area contributed by atoms with E-state index in [0.717, 1.165) is 38.9 Å². The number of benzene rings is 7. The molecule has 0 bridgehead atoms. The maximum atomic E-state index is 5.42. The van der Waals surface area contributed by atoms with Gasteiger partial charge >= 0.3 is 0 Å². The lowest BCUT2D eigenvalue weighted by Crippen LogP contribution is -2.05. The monoisotopic (exact) mass is 672 g/mol. The molecule has 1 aliphatic rings. The highest BCUT2D eigenvalue weighted by atomic mass is 32.2. The topological polar surface area (TPSA) is 35.6 Å². The van der Waals surface area contributed by atoms with Gasteiger partial charge in [0.05, 0.1) is 33.3 Å². The lowest BCUT2D eigenvalue weighted by Gasteiger charge is -2.20. The van der Waals surface area contributed by atoms with Crippen molar-refractivity contribution in [3.63, 3.8) is 0 Å². The third-order valence-electron chi connectivity index (χ3n) is 10.3. The van der Waals surface area contributed by atoms with Gasteiger partial charge in [-0.2, -0.15) is 0 Å². The molecule has 50 heavy (non-hydrogen) atoms. The van der Waals surface area contributed by atoms with Gasteiger partial charge in [-0.15, -0.1) is 11.3 Å². The number of hydrogen-bond donors (Lipinski definition) is 0. The first-order valence-electron chi connectivity index (χ1n) is 16.8. The van der Waals surface area contributed by atoms with Crippen molar-refractivity contribution < 1.29 is 0 Å². The van der Waals surface area contributed by atoms with Crippen molar-refractivity contribution in [2.24, 2.45) is 0 Å². The van der Waals surface area contributed by atoms with Gasteiger partial charge in [-0.3, -0.25) is 4.57 Å². The molecule has 0 aliphatic carbocycles. The summed E-state index contributed by atoms with van der Waals surface area (Å²) < 4.78 is 7.39. The summed E-state index contributed by atoms with van der Waals surface area (Å²) >= 11 is 3.69. The van der Waals surface area contributed by atoms with E-state index in [9.17, 15) is 0 Å². The van der Waals surface area contributed by atoms with E-state index in [2.05, 4.69) is 155 Å². The summed E-state index contributed by atoms with van der Waals surface area (Å²) in [6.07, 6.45) is 0. The third-order valence-corrected chi connectivity index (χ3v) is 12.7. The van der Waals surface area contributed by atoms with Gasteiger partial charge in [-0.25, -0.2) is 9.97 Å². The molecule has 0 amide bonds. The normalized spacial score (nSPS) is 12.7. The Morgan fingerprint density at radius 2 is 1.20 bits per heavy atom. The quantitative estimate of drug-likeness (QED) is 0.183. The molecule has 0 fully saturated rings. The molecule has 11 aromatic rings. The highest BCUT2D eigenvalue weighted by Gasteiger charge is 2.26.